The zero-order valence-electron chi connectivity index (χ0n) is 27.8. The maximum Gasteiger partial charge on any atom is 0.264 e. The first kappa shape index (κ1) is 34.7. The van der Waals surface area contributed by atoms with E-state index >= 15 is 0 Å². The van der Waals surface area contributed by atoms with Crippen LogP contribution in [-0.2, 0) is 32.6 Å². The number of hydrogen-bond donors (Lipinski definition) is 1. The Morgan fingerprint density at radius 3 is 2.15 bits per heavy atom. The van der Waals surface area contributed by atoms with E-state index in [1.807, 2.05) is 68.4 Å². The van der Waals surface area contributed by atoms with Gasteiger partial charge in [-0.2, -0.15) is 0 Å². The van der Waals surface area contributed by atoms with E-state index in [1.165, 1.54) is 12.1 Å². The third-order valence-electron chi connectivity index (χ3n) is 8.87. The van der Waals surface area contributed by atoms with Crippen molar-refractivity contribution in [1.82, 2.24) is 10.2 Å². The Kier molecular flexibility index (Phi) is 11.9. The Balaban J connectivity index is 1.59. The molecule has 1 saturated carbocycles. The summed E-state index contributed by atoms with van der Waals surface area (Å²) in [5.41, 5.74) is 3.00. The second-order valence-corrected chi connectivity index (χ2v) is 14.1. The SMILES string of the molecule is CCOc1ccccc1N(CC(=O)N(Cc1ccccc1C)C(Cc1ccccc1)C(=O)NC1CCCCC1)S(=O)(=O)c1ccccc1. The van der Waals surface area contributed by atoms with Gasteiger partial charge in [0.15, 0.2) is 0 Å². The van der Waals surface area contributed by atoms with Gasteiger partial charge in [0.25, 0.3) is 10.0 Å². The topological polar surface area (TPSA) is 96.0 Å². The lowest BCUT2D eigenvalue weighted by molar-refractivity contribution is -0.140. The lowest BCUT2D eigenvalue weighted by Crippen LogP contribution is -2.55. The van der Waals surface area contributed by atoms with Gasteiger partial charge in [-0.15, -0.1) is 0 Å². The van der Waals surface area contributed by atoms with Crippen molar-refractivity contribution in [2.75, 3.05) is 17.5 Å². The summed E-state index contributed by atoms with van der Waals surface area (Å²) in [5.74, 6) is -0.391. The third-order valence-corrected chi connectivity index (χ3v) is 10.6. The van der Waals surface area contributed by atoms with E-state index in [9.17, 15) is 18.0 Å². The van der Waals surface area contributed by atoms with Gasteiger partial charge in [0.1, 0.15) is 18.3 Å². The molecule has 0 aromatic heterocycles. The molecule has 8 nitrogen and oxygen atoms in total. The normalized spacial score (nSPS) is 14.1. The monoisotopic (exact) mass is 667 g/mol. The van der Waals surface area contributed by atoms with Crippen molar-refractivity contribution in [3.8, 4) is 5.75 Å². The van der Waals surface area contributed by atoms with Crippen LogP contribution in [0.2, 0.25) is 0 Å². The van der Waals surface area contributed by atoms with Gasteiger partial charge in [-0.25, -0.2) is 8.42 Å². The average Bonchev–Trinajstić information content (AvgIpc) is 3.11. The van der Waals surface area contributed by atoms with Crippen LogP contribution >= 0.6 is 0 Å². The largest absolute Gasteiger partial charge is 0.492 e. The van der Waals surface area contributed by atoms with Crippen molar-refractivity contribution in [1.29, 1.82) is 0 Å². The van der Waals surface area contributed by atoms with Crippen LogP contribution in [0.3, 0.4) is 0 Å². The highest BCUT2D eigenvalue weighted by molar-refractivity contribution is 7.92. The molecule has 9 heteroatoms. The highest BCUT2D eigenvalue weighted by Gasteiger charge is 2.36. The van der Waals surface area contributed by atoms with Crippen LogP contribution in [0.25, 0.3) is 0 Å². The highest BCUT2D eigenvalue weighted by Crippen LogP contribution is 2.33. The van der Waals surface area contributed by atoms with E-state index in [-0.39, 0.29) is 35.5 Å². The fraction of sp³-hybridized carbons (Fsp3) is 0.333. The number of amides is 2. The van der Waals surface area contributed by atoms with Crippen molar-refractivity contribution in [2.24, 2.45) is 0 Å². The molecule has 252 valence electrons. The van der Waals surface area contributed by atoms with Gasteiger partial charge in [0.05, 0.1) is 17.2 Å². The summed E-state index contributed by atoms with van der Waals surface area (Å²) in [6.07, 6.45) is 5.31. The van der Waals surface area contributed by atoms with Crippen LogP contribution in [-0.4, -0.2) is 50.4 Å². The van der Waals surface area contributed by atoms with Gasteiger partial charge < -0.3 is 15.0 Å². The molecule has 1 fully saturated rings. The Morgan fingerprint density at radius 1 is 0.833 bits per heavy atom. The van der Waals surface area contributed by atoms with Crippen molar-refractivity contribution in [3.63, 3.8) is 0 Å². The number of anilines is 1. The zero-order valence-corrected chi connectivity index (χ0v) is 28.6. The van der Waals surface area contributed by atoms with E-state index in [4.69, 9.17) is 4.74 Å². The molecule has 0 heterocycles. The summed E-state index contributed by atoms with van der Waals surface area (Å²) in [6.45, 7) is 3.70. The number of rotatable bonds is 14. The Bertz CT molecular complexity index is 1760. The minimum Gasteiger partial charge on any atom is -0.492 e. The number of para-hydroxylation sites is 2. The zero-order chi connectivity index (χ0) is 33.9. The maximum atomic E-state index is 14.8. The molecule has 1 aliphatic rings. The van der Waals surface area contributed by atoms with E-state index in [0.29, 0.717) is 12.4 Å². The van der Waals surface area contributed by atoms with Crippen molar-refractivity contribution in [2.45, 2.75) is 75.9 Å². The number of nitrogens with one attached hydrogen (secondary N) is 1. The number of ether oxygens (including phenoxy) is 1. The fourth-order valence-corrected chi connectivity index (χ4v) is 7.69. The first-order valence-electron chi connectivity index (χ1n) is 16.8. The summed E-state index contributed by atoms with van der Waals surface area (Å²) in [7, 11) is -4.23. The lowest BCUT2D eigenvalue weighted by atomic mass is 9.94. The molecule has 1 atom stereocenters. The van der Waals surface area contributed by atoms with Gasteiger partial charge in [-0.1, -0.05) is 104 Å². The number of aryl methyl sites for hydroxylation is 1. The molecule has 1 N–H and O–H groups in total. The van der Waals surface area contributed by atoms with E-state index in [0.717, 1.165) is 53.1 Å². The summed E-state index contributed by atoms with van der Waals surface area (Å²) in [5, 5.41) is 3.26. The Hall–Kier alpha value is -4.63. The predicted molar refractivity (Wildman–Crippen MR) is 189 cm³/mol. The number of carbonyl (C=O) groups is 2. The second kappa shape index (κ2) is 16.5. The highest BCUT2D eigenvalue weighted by atomic mass is 32.2. The minimum atomic E-state index is -4.23. The van der Waals surface area contributed by atoms with Crippen LogP contribution in [0.4, 0.5) is 5.69 Å². The van der Waals surface area contributed by atoms with Gasteiger partial charge in [0.2, 0.25) is 11.8 Å². The van der Waals surface area contributed by atoms with Gasteiger partial charge in [-0.3, -0.25) is 13.9 Å². The molecule has 0 radical (unpaired) electrons. The smallest absolute Gasteiger partial charge is 0.264 e. The number of benzene rings is 4. The van der Waals surface area contributed by atoms with Crippen LogP contribution in [0, 0.1) is 6.92 Å². The summed E-state index contributed by atoms with van der Waals surface area (Å²) in [6, 6.07) is 31.4. The molecule has 4 aromatic rings. The lowest BCUT2D eigenvalue weighted by Gasteiger charge is -2.35. The molecule has 5 rings (SSSR count). The molecule has 0 bridgehead atoms. The van der Waals surface area contributed by atoms with Crippen LogP contribution in [0.5, 0.6) is 5.75 Å². The number of nitrogens with zero attached hydrogens (tertiary/aromatic N) is 2. The maximum absolute atomic E-state index is 14.8. The number of hydrogen-bond acceptors (Lipinski definition) is 5. The standard InChI is InChI=1S/C39H45N3O5S/c1-3-47-37-26-16-15-25-35(37)42(48(45,46)34-23-11-6-12-24-34)29-38(43)41(28-32-20-14-13-17-30(32)2)36(27-31-18-7-4-8-19-31)39(44)40-33-21-9-5-10-22-33/h4,6-8,11-20,23-26,33,36H,3,5,9-10,21-22,27-29H2,1-2H3,(H,40,44). The van der Waals surface area contributed by atoms with Crippen molar-refractivity contribution < 1.29 is 22.7 Å². The van der Waals surface area contributed by atoms with Gasteiger partial charge in [0, 0.05) is 19.0 Å². The molecule has 1 unspecified atom stereocenters. The molecule has 48 heavy (non-hydrogen) atoms. The van der Waals surface area contributed by atoms with Gasteiger partial charge in [-0.05, 0) is 67.6 Å². The molecule has 0 spiro atoms. The van der Waals surface area contributed by atoms with Gasteiger partial charge >= 0.3 is 0 Å². The second-order valence-electron chi connectivity index (χ2n) is 12.2. The minimum absolute atomic E-state index is 0.0352. The summed E-state index contributed by atoms with van der Waals surface area (Å²) >= 11 is 0. The first-order valence-corrected chi connectivity index (χ1v) is 18.2. The van der Waals surface area contributed by atoms with E-state index < -0.39 is 28.5 Å². The predicted octanol–water partition coefficient (Wildman–Crippen LogP) is 6.68. The quantitative estimate of drug-likeness (QED) is 0.162. The average molecular weight is 668 g/mol. The molecule has 2 amide bonds. The molecule has 0 aliphatic heterocycles. The Morgan fingerprint density at radius 2 is 1.46 bits per heavy atom. The van der Waals surface area contributed by atoms with E-state index in [1.54, 1.807) is 47.4 Å². The van der Waals surface area contributed by atoms with Crippen LogP contribution < -0.4 is 14.4 Å². The van der Waals surface area contributed by atoms with Crippen LogP contribution in [0.15, 0.2) is 114 Å². The molecular weight excluding hydrogens is 623 g/mol. The van der Waals surface area contributed by atoms with Crippen LogP contribution in [0.1, 0.15) is 55.7 Å². The molecule has 0 saturated heterocycles. The van der Waals surface area contributed by atoms with E-state index in [2.05, 4.69) is 5.32 Å². The number of sulfonamides is 1. The van der Waals surface area contributed by atoms with Crippen molar-refractivity contribution in [3.05, 3.63) is 126 Å². The Labute approximate surface area is 284 Å². The summed E-state index contributed by atoms with van der Waals surface area (Å²) in [4.78, 5) is 30.7. The first-order chi connectivity index (χ1) is 23.3. The van der Waals surface area contributed by atoms with Crippen molar-refractivity contribution >= 4 is 27.5 Å². The molecular formula is C39H45N3O5S. The molecule has 4 aromatic carbocycles. The molecule has 1 aliphatic carbocycles. The fourth-order valence-electron chi connectivity index (χ4n) is 6.24. The third kappa shape index (κ3) is 8.63. The number of carbonyl (C=O) groups excluding carboxylic acids is 2. The summed E-state index contributed by atoms with van der Waals surface area (Å²) < 4.78 is 35.6.